The van der Waals surface area contributed by atoms with Crippen LogP contribution in [0.4, 0.5) is 10.5 Å². The van der Waals surface area contributed by atoms with Crippen LogP contribution in [0.1, 0.15) is 52.7 Å². The molecule has 7 nitrogen and oxygen atoms in total. The van der Waals surface area contributed by atoms with Crippen LogP contribution in [-0.2, 0) is 14.9 Å². The zero-order chi connectivity index (χ0) is 22.3. The molecule has 1 unspecified atom stereocenters. The number of hydrogen-bond acceptors (Lipinski definition) is 5. The van der Waals surface area contributed by atoms with Crippen LogP contribution in [0.15, 0.2) is 18.2 Å². The van der Waals surface area contributed by atoms with Crippen molar-refractivity contribution in [2.75, 3.05) is 37.6 Å². The van der Waals surface area contributed by atoms with Crippen molar-refractivity contribution in [1.82, 2.24) is 9.80 Å². The highest BCUT2D eigenvalue weighted by Crippen LogP contribution is 2.41. The van der Waals surface area contributed by atoms with Crippen molar-refractivity contribution in [2.45, 2.75) is 58.6 Å². The van der Waals surface area contributed by atoms with E-state index in [1.165, 1.54) is 0 Å². The number of nitriles is 1. The van der Waals surface area contributed by atoms with E-state index in [9.17, 15) is 14.9 Å². The van der Waals surface area contributed by atoms with Gasteiger partial charge in [0.25, 0.3) is 0 Å². The third kappa shape index (κ3) is 4.59. The second-order valence-corrected chi connectivity index (χ2v) is 9.97. The normalized spacial score (nSPS) is 21.2. The second-order valence-electron chi connectivity index (χ2n) is 9.97. The van der Waals surface area contributed by atoms with Crippen molar-refractivity contribution in [2.24, 2.45) is 0 Å². The molecule has 0 radical (unpaired) electrons. The molecule has 1 aromatic rings. The molecule has 1 fully saturated rings. The van der Waals surface area contributed by atoms with E-state index in [1.54, 1.807) is 9.80 Å². The van der Waals surface area contributed by atoms with Crippen LogP contribution in [0.3, 0.4) is 0 Å². The first-order valence-electron chi connectivity index (χ1n) is 10.5. The van der Waals surface area contributed by atoms with Crippen LogP contribution in [0.2, 0.25) is 0 Å². The molecule has 0 saturated carbocycles. The van der Waals surface area contributed by atoms with E-state index in [2.05, 4.69) is 24.8 Å². The molecular weight excluding hydrogens is 380 g/mol. The van der Waals surface area contributed by atoms with Crippen molar-refractivity contribution in [1.29, 1.82) is 5.26 Å². The number of carbonyl (C=O) groups is 2. The maximum Gasteiger partial charge on any atom is 0.410 e. The number of ether oxygens (including phenoxy) is 1. The van der Waals surface area contributed by atoms with E-state index < -0.39 is 5.60 Å². The summed E-state index contributed by atoms with van der Waals surface area (Å²) in [5.41, 5.74) is 1.82. The van der Waals surface area contributed by atoms with Gasteiger partial charge in [0.05, 0.1) is 18.2 Å². The van der Waals surface area contributed by atoms with Crippen LogP contribution in [0.25, 0.3) is 0 Å². The molecule has 1 aromatic carbocycles. The van der Waals surface area contributed by atoms with Gasteiger partial charge in [0.2, 0.25) is 5.91 Å². The average molecular weight is 413 g/mol. The number of nitrogens with zero attached hydrogens (tertiary/aromatic N) is 4. The minimum Gasteiger partial charge on any atom is -0.444 e. The van der Waals surface area contributed by atoms with E-state index >= 15 is 0 Å². The van der Waals surface area contributed by atoms with Gasteiger partial charge in [-0.1, -0.05) is 19.9 Å². The predicted molar refractivity (Wildman–Crippen MR) is 115 cm³/mol. The lowest BCUT2D eigenvalue weighted by Crippen LogP contribution is -2.56. The topological polar surface area (TPSA) is 76.9 Å². The van der Waals surface area contributed by atoms with Gasteiger partial charge in [0.1, 0.15) is 5.60 Å². The molecule has 0 N–H and O–H groups in total. The molecule has 0 aromatic heterocycles. The standard InChI is InChI=1S/C23H32N4O3/c1-16-13-25(9-10-26(16)21(29)30-22(2,3)4)14-20(28)27-15-23(5,6)18-8-7-17(12-24)11-19(18)27/h7-8,11,16H,9-10,13-15H2,1-6H3. The molecule has 3 rings (SSSR count). The number of piperazine rings is 1. The van der Waals surface area contributed by atoms with Gasteiger partial charge in [-0.05, 0) is 45.4 Å². The summed E-state index contributed by atoms with van der Waals surface area (Å²) < 4.78 is 5.50. The third-order valence-corrected chi connectivity index (χ3v) is 5.70. The Morgan fingerprint density at radius 3 is 2.57 bits per heavy atom. The quantitative estimate of drug-likeness (QED) is 0.746. The molecule has 7 heteroatoms. The summed E-state index contributed by atoms with van der Waals surface area (Å²) in [7, 11) is 0. The highest BCUT2D eigenvalue weighted by Gasteiger charge is 2.39. The van der Waals surface area contributed by atoms with E-state index in [4.69, 9.17) is 4.74 Å². The van der Waals surface area contributed by atoms with Crippen molar-refractivity contribution in [3.63, 3.8) is 0 Å². The Bertz CT molecular complexity index is 881. The number of rotatable bonds is 2. The first kappa shape index (κ1) is 22.1. The number of fused-ring (bicyclic) bond motifs is 1. The zero-order valence-corrected chi connectivity index (χ0v) is 18.9. The van der Waals surface area contributed by atoms with Crippen molar-refractivity contribution < 1.29 is 14.3 Å². The van der Waals surface area contributed by atoms with Crippen molar-refractivity contribution >= 4 is 17.7 Å². The average Bonchev–Trinajstić information content (AvgIpc) is 2.91. The number of hydrogen-bond donors (Lipinski definition) is 0. The molecule has 1 atom stereocenters. The Morgan fingerprint density at radius 2 is 1.97 bits per heavy atom. The van der Waals surface area contributed by atoms with Gasteiger partial charge in [0, 0.05) is 43.3 Å². The van der Waals surface area contributed by atoms with Crippen LogP contribution < -0.4 is 4.90 Å². The Kier molecular flexibility index (Phi) is 5.83. The maximum absolute atomic E-state index is 13.2. The maximum atomic E-state index is 13.2. The summed E-state index contributed by atoms with van der Waals surface area (Å²) in [5.74, 6) is 0.0230. The lowest BCUT2D eigenvalue weighted by Gasteiger charge is -2.40. The lowest BCUT2D eigenvalue weighted by atomic mass is 9.87. The largest absolute Gasteiger partial charge is 0.444 e. The van der Waals surface area contributed by atoms with Crippen LogP contribution in [0.5, 0.6) is 0 Å². The molecule has 2 aliphatic rings. The monoisotopic (exact) mass is 412 g/mol. The fourth-order valence-corrected chi connectivity index (χ4v) is 4.23. The fraction of sp³-hybridized carbons (Fsp3) is 0.609. The highest BCUT2D eigenvalue weighted by atomic mass is 16.6. The molecule has 0 aliphatic carbocycles. The summed E-state index contributed by atoms with van der Waals surface area (Å²) in [4.78, 5) is 31.2. The predicted octanol–water partition coefficient (Wildman–Crippen LogP) is 3.12. The number of benzene rings is 1. The number of amides is 2. The number of anilines is 1. The minimum atomic E-state index is -0.526. The first-order chi connectivity index (χ1) is 13.9. The van der Waals surface area contributed by atoms with Gasteiger partial charge in [-0.25, -0.2) is 4.79 Å². The van der Waals surface area contributed by atoms with E-state index in [0.29, 0.717) is 38.3 Å². The molecule has 1 saturated heterocycles. The van der Waals surface area contributed by atoms with E-state index in [0.717, 1.165) is 11.3 Å². The summed E-state index contributed by atoms with van der Waals surface area (Å²) in [6.45, 7) is 14.5. The summed E-state index contributed by atoms with van der Waals surface area (Å²) in [6.07, 6.45) is -0.305. The third-order valence-electron chi connectivity index (χ3n) is 5.70. The van der Waals surface area contributed by atoms with E-state index in [1.807, 2.05) is 45.9 Å². The second kappa shape index (κ2) is 7.92. The molecule has 30 heavy (non-hydrogen) atoms. The van der Waals surface area contributed by atoms with Gasteiger partial charge < -0.3 is 14.5 Å². The van der Waals surface area contributed by atoms with Gasteiger partial charge in [-0.2, -0.15) is 5.26 Å². The Hall–Kier alpha value is -2.59. The van der Waals surface area contributed by atoms with Crippen LogP contribution >= 0.6 is 0 Å². The molecular formula is C23H32N4O3. The van der Waals surface area contributed by atoms with Gasteiger partial charge >= 0.3 is 6.09 Å². The molecule has 0 spiro atoms. The van der Waals surface area contributed by atoms with Crippen LogP contribution in [0, 0.1) is 11.3 Å². The fourth-order valence-electron chi connectivity index (χ4n) is 4.23. The van der Waals surface area contributed by atoms with Gasteiger partial charge in [-0.15, -0.1) is 0 Å². The smallest absolute Gasteiger partial charge is 0.410 e. The Balaban J connectivity index is 1.66. The Labute approximate surface area is 179 Å². The molecule has 0 bridgehead atoms. The number of carbonyl (C=O) groups excluding carboxylic acids is 2. The lowest BCUT2D eigenvalue weighted by molar-refractivity contribution is -0.120. The van der Waals surface area contributed by atoms with E-state index in [-0.39, 0.29) is 23.5 Å². The van der Waals surface area contributed by atoms with Crippen molar-refractivity contribution in [3.8, 4) is 6.07 Å². The highest BCUT2D eigenvalue weighted by molar-refractivity contribution is 5.97. The molecule has 2 amide bonds. The summed E-state index contributed by atoms with van der Waals surface area (Å²) in [5, 5.41) is 9.25. The summed E-state index contributed by atoms with van der Waals surface area (Å²) in [6, 6.07) is 7.71. The SMILES string of the molecule is CC1CN(CC(=O)N2CC(C)(C)c3ccc(C#N)cc32)CCN1C(=O)OC(C)(C)C. The van der Waals surface area contributed by atoms with Gasteiger partial charge in [0.15, 0.2) is 0 Å². The molecule has 2 aliphatic heterocycles. The zero-order valence-electron chi connectivity index (χ0n) is 18.9. The summed E-state index contributed by atoms with van der Waals surface area (Å²) >= 11 is 0. The van der Waals surface area contributed by atoms with Crippen LogP contribution in [-0.4, -0.2) is 66.2 Å². The minimum absolute atomic E-state index is 0.0230. The van der Waals surface area contributed by atoms with Crippen molar-refractivity contribution in [3.05, 3.63) is 29.3 Å². The molecule has 162 valence electrons. The Morgan fingerprint density at radius 1 is 1.27 bits per heavy atom. The first-order valence-corrected chi connectivity index (χ1v) is 10.5. The molecule has 2 heterocycles. The van der Waals surface area contributed by atoms with Gasteiger partial charge in [-0.3, -0.25) is 9.69 Å².